The summed E-state index contributed by atoms with van der Waals surface area (Å²) in [5.74, 6) is 0.774. The summed E-state index contributed by atoms with van der Waals surface area (Å²) in [4.78, 5) is 13.7. The van der Waals surface area contributed by atoms with Crippen molar-refractivity contribution in [3.05, 3.63) is 29.3 Å². The van der Waals surface area contributed by atoms with Crippen LogP contribution in [0.3, 0.4) is 0 Å². The molecule has 0 spiro atoms. The molecule has 1 heterocycles. The largest absolute Gasteiger partial charge is 0.491 e. The Bertz CT molecular complexity index is 409. The van der Waals surface area contributed by atoms with Crippen molar-refractivity contribution in [1.29, 1.82) is 0 Å². The van der Waals surface area contributed by atoms with Gasteiger partial charge in [-0.2, -0.15) is 0 Å². The molecule has 0 unspecified atom stereocenters. The normalized spacial score (nSPS) is 14.7. The van der Waals surface area contributed by atoms with Gasteiger partial charge in [0, 0.05) is 26.2 Å². The number of ether oxygens (including phenoxy) is 1. The molecule has 19 heavy (non-hydrogen) atoms. The average molecular weight is 305 g/mol. The minimum atomic E-state index is 0. The minimum Gasteiger partial charge on any atom is -0.491 e. The van der Waals surface area contributed by atoms with Crippen molar-refractivity contribution >= 4 is 29.9 Å². The van der Waals surface area contributed by atoms with Crippen molar-refractivity contribution in [1.82, 2.24) is 10.2 Å². The standard InChI is InChI=1S/C13H17ClN2O2.ClH/c14-11-3-1-2-4-12(11)18-10-5-13(17)16-8-6-15-7-9-16;/h1-4,15H,5-10H2;1H. The topological polar surface area (TPSA) is 41.6 Å². The fourth-order valence-corrected chi connectivity index (χ4v) is 2.07. The Labute approximate surface area is 124 Å². The van der Waals surface area contributed by atoms with E-state index in [-0.39, 0.29) is 18.3 Å². The van der Waals surface area contributed by atoms with Crippen molar-refractivity contribution in [2.45, 2.75) is 6.42 Å². The first-order chi connectivity index (χ1) is 8.77. The van der Waals surface area contributed by atoms with Gasteiger partial charge in [0.1, 0.15) is 5.75 Å². The summed E-state index contributed by atoms with van der Waals surface area (Å²) in [7, 11) is 0. The highest BCUT2D eigenvalue weighted by Gasteiger charge is 2.15. The predicted octanol–water partition coefficient (Wildman–Crippen LogP) is 1.96. The zero-order valence-electron chi connectivity index (χ0n) is 10.6. The minimum absolute atomic E-state index is 0. The van der Waals surface area contributed by atoms with Crippen LogP contribution in [0, 0.1) is 0 Å². The Balaban J connectivity index is 0.00000180. The number of rotatable bonds is 4. The van der Waals surface area contributed by atoms with Crippen LogP contribution in [0.5, 0.6) is 5.75 Å². The van der Waals surface area contributed by atoms with Gasteiger partial charge in [0.15, 0.2) is 0 Å². The molecule has 0 radical (unpaired) electrons. The van der Waals surface area contributed by atoms with E-state index < -0.39 is 0 Å². The third-order valence-corrected chi connectivity index (χ3v) is 3.19. The number of hydrogen-bond donors (Lipinski definition) is 1. The number of amides is 1. The summed E-state index contributed by atoms with van der Waals surface area (Å²) >= 11 is 5.96. The van der Waals surface area contributed by atoms with Gasteiger partial charge >= 0.3 is 0 Å². The molecular weight excluding hydrogens is 287 g/mol. The number of nitrogens with one attached hydrogen (secondary N) is 1. The lowest BCUT2D eigenvalue weighted by Crippen LogP contribution is -2.46. The third kappa shape index (κ3) is 4.90. The smallest absolute Gasteiger partial charge is 0.226 e. The summed E-state index contributed by atoms with van der Waals surface area (Å²) in [5.41, 5.74) is 0. The molecule has 106 valence electrons. The van der Waals surface area contributed by atoms with Crippen molar-refractivity contribution in [2.75, 3.05) is 32.8 Å². The van der Waals surface area contributed by atoms with Crippen LogP contribution in [0.1, 0.15) is 6.42 Å². The quantitative estimate of drug-likeness (QED) is 0.924. The van der Waals surface area contributed by atoms with Crippen LogP contribution in [-0.2, 0) is 4.79 Å². The Morgan fingerprint density at radius 2 is 2.00 bits per heavy atom. The molecule has 1 aliphatic rings. The Kier molecular flexibility index (Phi) is 6.99. The molecule has 0 aromatic heterocycles. The first-order valence-corrected chi connectivity index (χ1v) is 6.51. The lowest BCUT2D eigenvalue weighted by atomic mass is 10.3. The zero-order valence-corrected chi connectivity index (χ0v) is 12.2. The maximum Gasteiger partial charge on any atom is 0.226 e. The number of benzene rings is 1. The number of piperazine rings is 1. The SMILES string of the molecule is Cl.O=C(CCOc1ccccc1Cl)N1CCNCC1. The maximum atomic E-state index is 11.9. The van der Waals surface area contributed by atoms with Crippen molar-refractivity contribution in [3.8, 4) is 5.75 Å². The second kappa shape index (κ2) is 8.25. The molecule has 0 aliphatic carbocycles. The van der Waals surface area contributed by atoms with Gasteiger partial charge in [0.25, 0.3) is 0 Å². The van der Waals surface area contributed by atoms with Crippen molar-refractivity contribution in [2.24, 2.45) is 0 Å². The van der Waals surface area contributed by atoms with E-state index in [9.17, 15) is 4.79 Å². The van der Waals surface area contributed by atoms with Crippen LogP contribution in [0.25, 0.3) is 0 Å². The van der Waals surface area contributed by atoms with Gasteiger partial charge in [-0.1, -0.05) is 23.7 Å². The first-order valence-electron chi connectivity index (χ1n) is 6.13. The average Bonchev–Trinajstić information content (AvgIpc) is 2.42. The summed E-state index contributed by atoms with van der Waals surface area (Å²) < 4.78 is 5.50. The Morgan fingerprint density at radius 1 is 1.32 bits per heavy atom. The summed E-state index contributed by atoms with van der Waals surface area (Å²) in [6.45, 7) is 3.68. The Hall–Kier alpha value is -0.970. The summed E-state index contributed by atoms with van der Waals surface area (Å²) in [6.07, 6.45) is 0.394. The van der Waals surface area contributed by atoms with Crippen LogP contribution in [0.4, 0.5) is 0 Å². The molecule has 1 aromatic rings. The van der Waals surface area contributed by atoms with E-state index in [2.05, 4.69) is 5.32 Å². The molecule has 1 N–H and O–H groups in total. The fraction of sp³-hybridized carbons (Fsp3) is 0.462. The maximum absolute atomic E-state index is 11.9. The fourth-order valence-electron chi connectivity index (χ4n) is 1.88. The van der Waals surface area contributed by atoms with Crippen molar-refractivity contribution < 1.29 is 9.53 Å². The molecule has 6 heteroatoms. The van der Waals surface area contributed by atoms with Gasteiger partial charge in [-0.15, -0.1) is 12.4 Å². The molecule has 1 fully saturated rings. The van der Waals surface area contributed by atoms with Gasteiger partial charge < -0.3 is 15.0 Å². The highest BCUT2D eigenvalue weighted by Crippen LogP contribution is 2.23. The lowest BCUT2D eigenvalue weighted by molar-refractivity contribution is -0.132. The van der Waals surface area contributed by atoms with E-state index in [1.807, 2.05) is 17.0 Å². The molecular formula is C13H18Cl2N2O2. The van der Waals surface area contributed by atoms with Gasteiger partial charge in [-0.3, -0.25) is 4.79 Å². The van der Waals surface area contributed by atoms with Crippen LogP contribution in [-0.4, -0.2) is 43.6 Å². The molecule has 0 bridgehead atoms. The number of para-hydroxylation sites is 1. The summed E-state index contributed by atoms with van der Waals surface area (Å²) in [6, 6.07) is 7.28. The van der Waals surface area contributed by atoms with Gasteiger partial charge in [0.05, 0.1) is 18.1 Å². The van der Waals surface area contributed by atoms with E-state index in [1.54, 1.807) is 12.1 Å². The van der Waals surface area contributed by atoms with E-state index in [0.29, 0.717) is 23.8 Å². The Morgan fingerprint density at radius 3 is 2.68 bits per heavy atom. The van der Waals surface area contributed by atoms with Crippen molar-refractivity contribution in [3.63, 3.8) is 0 Å². The summed E-state index contributed by atoms with van der Waals surface area (Å²) in [5, 5.41) is 3.79. The van der Waals surface area contributed by atoms with Crippen LogP contribution < -0.4 is 10.1 Å². The van der Waals surface area contributed by atoms with Crippen LogP contribution in [0.15, 0.2) is 24.3 Å². The number of hydrogen-bond acceptors (Lipinski definition) is 3. The molecule has 4 nitrogen and oxygen atoms in total. The molecule has 0 atom stereocenters. The molecule has 1 aromatic carbocycles. The monoisotopic (exact) mass is 304 g/mol. The van der Waals surface area contributed by atoms with Crippen LogP contribution >= 0.6 is 24.0 Å². The second-order valence-corrected chi connectivity index (χ2v) is 4.57. The van der Waals surface area contributed by atoms with Gasteiger partial charge in [0.2, 0.25) is 5.91 Å². The number of halogens is 2. The molecule has 0 saturated carbocycles. The van der Waals surface area contributed by atoms with E-state index in [1.165, 1.54) is 0 Å². The number of nitrogens with zero attached hydrogens (tertiary/aromatic N) is 1. The second-order valence-electron chi connectivity index (χ2n) is 4.16. The van der Waals surface area contributed by atoms with E-state index in [4.69, 9.17) is 16.3 Å². The number of carbonyl (C=O) groups excluding carboxylic acids is 1. The highest BCUT2D eigenvalue weighted by molar-refractivity contribution is 6.32. The molecule has 1 aliphatic heterocycles. The predicted molar refractivity (Wildman–Crippen MR) is 78.3 cm³/mol. The van der Waals surface area contributed by atoms with E-state index >= 15 is 0 Å². The van der Waals surface area contributed by atoms with Gasteiger partial charge in [-0.25, -0.2) is 0 Å². The highest BCUT2D eigenvalue weighted by atomic mass is 35.5. The molecule has 1 saturated heterocycles. The lowest BCUT2D eigenvalue weighted by Gasteiger charge is -2.27. The van der Waals surface area contributed by atoms with Crippen LogP contribution in [0.2, 0.25) is 5.02 Å². The van der Waals surface area contributed by atoms with E-state index in [0.717, 1.165) is 26.2 Å². The third-order valence-electron chi connectivity index (χ3n) is 2.88. The zero-order chi connectivity index (χ0) is 12.8. The molecule has 2 rings (SSSR count). The number of carbonyl (C=O) groups is 1. The first kappa shape index (κ1) is 16.1. The molecule has 1 amide bonds. The van der Waals surface area contributed by atoms with Gasteiger partial charge in [-0.05, 0) is 12.1 Å².